The molecule has 150 valence electrons. The number of benzene rings is 2. The minimum Gasteiger partial charge on any atom is -0.482 e. The summed E-state index contributed by atoms with van der Waals surface area (Å²) in [6.45, 7) is -0.101. The Bertz CT molecular complexity index is 910. The number of nitrogens with zero attached hydrogens (tertiary/aromatic N) is 1. The normalized spacial score (nSPS) is 10.2. The van der Waals surface area contributed by atoms with Crippen molar-refractivity contribution in [3.63, 3.8) is 0 Å². The van der Waals surface area contributed by atoms with E-state index in [4.69, 9.17) is 14.2 Å². The fourth-order valence-corrected chi connectivity index (χ4v) is 3.15. The fourth-order valence-electron chi connectivity index (χ4n) is 2.39. The molecule has 3 aromatic rings. The third-order valence-corrected chi connectivity index (χ3v) is 4.78. The van der Waals surface area contributed by atoms with E-state index in [1.807, 2.05) is 47.8 Å². The highest BCUT2D eigenvalue weighted by molar-refractivity contribution is 7.09. The minimum atomic E-state index is -0.604. The average molecular weight is 411 g/mol. The topological polar surface area (TPSA) is 65.1 Å². The molecule has 0 aliphatic heterocycles. The van der Waals surface area contributed by atoms with E-state index in [1.165, 1.54) is 4.90 Å². The standard InChI is InChI=1S/C22H21NO5S/c1-23(14-20-8-5-13-29-20)21(24)15-27-22(25)16-26-17-9-11-19(12-10-17)28-18-6-3-2-4-7-18/h2-13H,14-16H2,1H3. The lowest BCUT2D eigenvalue weighted by Gasteiger charge is -2.16. The van der Waals surface area contributed by atoms with Gasteiger partial charge in [-0.25, -0.2) is 4.79 Å². The van der Waals surface area contributed by atoms with Gasteiger partial charge in [-0.2, -0.15) is 0 Å². The highest BCUT2D eigenvalue weighted by Gasteiger charge is 2.13. The molecule has 0 saturated heterocycles. The van der Waals surface area contributed by atoms with Gasteiger partial charge in [0.25, 0.3) is 5.91 Å². The van der Waals surface area contributed by atoms with Crippen molar-refractivity contribution in [2.45, 2.75) is 6.54 Å². The van der Waals surface area contributed by atoms with Crippen LogP contribution in [-0.2, 0) is 20.9 Å². The van der Waals surface area contributed by atoms with Gasteiger partial charge in [-0.1, -0.05) is 24.3 Å². The largest absolute Gasteiger partial charge is 0.482 e. The van der Waals surface area contributed by atoms with Crippen molar-refractivity contribution < 1.29 is 23.8 Å². The maximum atomic E-state index is 12.0. The molecule has 1 amide bonds. The second kappa shape index (κ2) is 10.3. The van der Waals surface area contributed by atoms with Gasteiger partial charge in [0.05, 0.1) is 6.54 Å². The van der Waals surface area contributed by atoms with Crippen LogP contribution in [0, 0.1) is 0 Å². The van der Waals surface area contributed by atoms with E-state index in [2.05, 4.69) is 0 Å². The molecule has 0 aliphatic carbocycles. The van der Waals surface area contributed by atoms with Crippen molar-refractivity contribution >= 4 is 23.2 Å². The first-order valence-corrected chi connectivity index (χ1v) is 9.86. The molecule has 0 spiro atoms. The summed E-state index contributed by atoms with van der Waals surface area (Å²) in [5, 5.41) is 1.95. The number of esters is 1. The molecule has 0 bridgehead atoms. The molecule has 2 aromatic carbocycles. The number of hydrogen-bond acceptors (Lipinski definition) is 6. The Morgan fingerprint density at radius 2 is 1.55 bits per heavy atom. The van der Waals surface area contributed by atoms with Crippen LogP contribution in [0.3, 0.4) is 0 Å². The molecule has 3 rings (SSSR count). The summed E-state index contributed by atoms with van der Waals surface area (Å²) in [4.78, 5) is 26.4. The van der Waals surface area contributed by atoms with E-state index in [0.29, 0.717) is 18.0 Å². The van der Waals surface area contributed by atoms with Gasteiger partial charge in [0, 0.05) is 11.9 Å². The number of hydrogen-bond donors (Lipinski definition) is 0. The Hall–Kier alpha value is -3.32. The number of thiophene rings is 1. The molecule has 0 saturated carbocycles. The summed E-state index contributed by atoms with van der Waals surface area (Å²) in [5.74, 6) is 1.02. The van der Waals surface area contributed by atoms with Crippen LogP contribution in [0.15, 0.2) is 72.1 Å². The first-order valence-electron chi connectivity index (χ1n) is 8.98. The van der Waals surface area contributed by atoms with Gasteiger partial charge in [-0.05, 0) is 47.8 Å². The van der Waals surface area contributed by atoms with Crippen molar-refractivity contribution in [2.75, 3.05) is 20.3 Å². The van der Waals surface area contributed by atoms with Gasteiger partial charge < -0.3 is 19.1 Å². The third kappa shape index (κ3) is 6.65. The molecular formula is C22H21NO5S. The zero-order valence-electron chi connectivity index (χ0n) is 15.9. The summed E-state index contributed by atoms with van der Waals surface area (Å²) in [6.07, 6.45) is 0. The highest BCUT2D eigenvalue weighted by atomic mass is 32.1. The van der Waals surface area contributed by atoms with Crippen LogP contribution in [0.25, 0.3) is 0 Å². The highest BCUT2D eigenvalue weighted by Crippen LogP contribution is 2.23. The van der Waals surface area contributed by atoms with E-state index < -0.39 is 5.97 Å². The average Bonchev–Trinajstić information content (AvgIpc) is 3.25. The Labute approximate surface area is 173 Å². The van der Waals surface area contributed by atoms with Gasteiger partial charge >= 0.3 is 5.97 Å². The summed E-state index contributed by atoms with van der Waals surface area (Å²) >= 11 is 1.57. The van der Waals surface area contributed by atoms with Crippen molar-refractivity contribution in [2.24, 2.45) is 0 Å². The molecule has 0 atom stereocenters. The number of carbonyl (C=O) groups is 2. The number of rotatable bonds is 9. The van der Waals surface area contributed by atoms with Crippen molar-refractivity contribution in [3.05, 3.63) is 77.0 Å². The quantitative estimate of drug-likeness (QED) is 0.496. The number of likely N-dealkylation sites (N-methyl/N-ethyl adjacent to an activating group) is 1. The van der Waals surface area contributed by atoms with Crippen LogP contribution in [0.4, 0.5) is 0 Å². The molecule has 0 unspecified atom stereocenters. The Balaban J connectivity index is 1.38. The first-order chi connectivity index (χ1) is 14.1. The van der Waals surface area contributed by atoms with E-state index in [0.717, 1.165) is 10.6 Å². The number of amides is 1. The molecule has 0 radical (unpaired) electrons. The summed E-state index contributed by atoms with van der Waals surface area (Å²) in [6, 6.07) is 20.2. The zero-order valence-corrected chi connectivity index (χ0v) is 16.8. The van der Waals surface area contributed by atoms with E-state index in [9.17, 15) is 9.59 Å². The molecule has 1 aromatic heterocycles. The predicted octanol–water partition coefficient (Wildman–Crippen LogP) is 4.12. The SMILES string of the molecule is CN(Cc1cccs1)C(=O)COC(=O)COc1ccc(Oc2ccccc2)cc1. The van der Waals surface area contributed by atoms with Gasteiger partial charge in [0.15, 0.2) is 13.2 Å². The number of ether oxygens (including phenoxy) is 3. The third-order valence-electron chi connectivity index (χ3n) is 3.91. The summed E-state index contributed by atoms with van der Waals surface area (Å²) in [7, 11) is 1.67. The van der Waals surface area contributed by atoms with Crippen molar-refractivity contribution in [1.82, 2.24) is 4.90 Å². The first kappa shape index (κ1) is 20.4. The van der Waals surface area contributed by atoms with E-state index in [-0.39, 0.29) is 19.1 Å². The lowest BCUT2D eigenvalue weighted by Crippen LogP contribution is -2.31. The van der Waals surface area contributed by atoms with Gasteiger partial charge in [-0.15, -0.1) is 11.3 Å². The minimum absolute atomic E-state index is 0.269. The van der Waals surface area contributed by atoms with Crippen LogP contribution in [0.5, 0.6) is 17.2 Å². The fraction of sp³-hybridized carbons (Fsp3) is 0.182. The van der Waals surface area contributed by atoms with E-state index >= 15 is 0 Å². The zero-order chi connectivity index (χ0) is 20.5. The molecule has 0 fully saturated rings. The molecule has 0 aliphatic rings. The Morgan fingerprint density at radius 3 is 2.24 bits per heavy atom. The second-order valence-corrected chi connectivity index (χ2v) is 7.20. The van der Waals surface area contributed by atoms with Crippen LogP contribution in [-0.4, -0.2) is 37.0 Å². The predicted molar refractivity (Wildman–Crippen MR) is 110 cm³/mol. The Kier molecular flexibility index (Phi) is 7.24. The van der Waals surface area contributed by atoms with Gasteiger partial charge in [0.2, 0.25) is 0 Å². The van der Waals surface area contributed by atoms with E-state index in [1.54, 1.807) is 42.6 Å². The number of carbonyl (C=O) groups excluding carboxylic acids is 2. The lowest BCUT2D eigenvalue weighted by molar-refractivity contribution is -0.153. The molecule has 6 nitrogen and oxygen atoms in total. The van der Waals surface area contributed by atoms with Crippen molar-refractivity contribution in [3.8, 4) is 17.2 Å². The van der Waals surface area contributed by atoms with Crippen LogP contribution >= 0.6 is 11.3 Å². The van der Waals surface area contributed by atoms with Crippen LogP contribution in [0.1, 0.15) is 4.88 Å². The molecule has 7 heteroatoms. The maximum Gasteiger partial charge on any atom is 0.344 e. The van der Waals surface area contributed by atoms with Crippen LogP contribution < -0.4 is 9.47 Å². The van der Waals surface area contributed by atoms with Gasteiger partial charge in [-0.3, -0.25) is 4.79 Å². The molecule has 1 heterocycles. The van der Waals surface area contributed by atoms with Crippen molar-refractivity contribution in [1.29, 1.82) is 0 Å². The second-order valence-electron chi connectivity index (χ2n) is 6.17. The molecule has 0 N–H and O–H groups in total. The monoisotopic (exact) mass is 411 g/mol. The summed E-state index contributed by atoms with van der Waals surface area (Å²) < 4.78 is 16.1. The lowest BCUT2D eigenvalue weighted by atomic mass is 10.3. The maximum absolute atomic E-state index is 12.0. The molecular weight excluding hydrogens is 390 g/mol. The molecule has 29 heavy (non-hydrogen) atoms. The van der Waals surface area contributed by atoms with Gasteiger partial charge in [0.1, 0.15) is 17.2 Å². The van der Waals surface area contributed by atoms with Crippen LogP contribution in [0.2, 0.25) is 0 Å². The smallest absolute Gasteiger partial charge is 0.344 e. The number of para-hydroxylation sites is 1. The Morgan fingerprint density at radius 1 is 0.862 bits per heavy atom. The summed E-state index contributed by atoms with van der Waals surface area (Å²) in [5.41, 5.74) is 0.